The van der Waals surface area contributed by atoms with Crippen molar-refractivity contribution < 1.29 is 14.3 Å². The molecule has 1 unspecified atom stereocenters. The highest BCUT2D eigenvalue weighted by molar-refractivity contribution is 7.10. The summed E-state index contributed by atoms with van der Waals surface area (Å²) in [6.07, 6.45) is 4.85. The van der Waals surface area contributed by atoms with E-state index in [1.54, 1.807) is 25.6 Å². The molecule has 2 N–H and O–H groups in total. The molecular formula is C20H26N2O3S. The number of carbonyl (C=O) groups excluding carboxylic acids is 1. The molecule has 1 aromatic heterocycles. The van der Waals surface area contributed by atoms with E-state index in [1.165, 1.54) is 30.6 Å². The highest BCUT2D eigenvalue weighted by Crippen LogP contribution is 2.37. The molecule has 6 heteroatoms. The third-order valence-corrected chi connectivity index (χ3v) is 5.83. The van der Waals surface area contributed by atoms with Gasteiger partial charge < -0.3 is 20.1 Å². The van der Waals surface area contributed by atoms with Crippen molar-refractivity contribution >= 4 is 17.4 Å². The van der Waals surface area contributed by atoms with Crippen LogP contribution in [0.25, 0.3) is 0 Å². The summed E-state index contributed by atoms with van der Waals surface area (Å²) in [7, 11) is 3.23. The number of urea groups is 1. The number of methoxy groups -OCH3 is 2. The van der Waals surface area contributed by atoms with Gasteiger partial charge >= 0.3 is 6.03 Å². The molecule has 1 fully saturated rings. The summed E-state index contributed by atoms with van der Waals surface area (Å²) in [5.41, 5.74) is 0.935. The minimum absolute atomic E-state index is 0.0948. The number of benzene rings is 1. The van der Waals surface area contributed by atoms with E-state index in [-0.39, 0.29) is 12.1 Å². The van der Waals surface area contributed by atoms with Crippen molar-refractivity contribution in [3.8, 4) is 11.5 Å². The van der Waals surface area contributed by atoms with E-state index in [9.17, 15) is 4.79 Å². The molecule has 0 bridgehead atoms. The maximum Gasteiger partial charge on any atom is 0.315 e. The van der Waals surface area contributed by atoms with Crippen LogP contribution in [0.15, 0.2) is 35.7 Å². The Morgan fingerprint density at radius 2 is 1.88 bits per heavy atom. The van der Waals surface area contributed by atoms with Gasteiger partial charge in [0.1, 0.15) is 11.5 Å². The monoisotopic (exact) mass is 374 g/mol. The van der Waals surface area contributed by atoms with Crippen LogP contribution in [0.4, 0.5) is 4.79 Å². The van der Waals surface area contributed by atoms with Gasteiger partial charge in [-0.15, -0.1) is 11.3 Å². The Labute approximate surface area is 158 Å². The first-order chi connectivity index (χ1) is 12.7. The molecule has 0 saturated heterocycles. The molecule has 1 aliphatic rings. The van der Waals surface area contributed by atoms with Crippen molar-refractivity contribution in [2.45, 2.75) is 38.3 Å². The first-order valence-corrected chi connectivity index (χ1v) is 9.87. The molecule has 0 spiro atoms. The summed E-state index contributed by atoms with van der Waals surface area (Å²) in [6.45, 7) is 0.418. The van der Waals surface area contributed by atoms with Crippen molar-refractivity contribution in [3.63, 3.8) is 0 Å². The Bertz CT molecular complexity index is 690. The first kappa shape index (κ1) is 18.6. The molecule has 2 aromatic rings. The van der Waals surface area contributed by atoms with Gasteiger partial charge in [-0.1, -0.05) is 18.9 Å². The zero-order valence-electron chi connectivity index (χ0n) is 15.3. The lowest BCUT2D eigenvalue weighted by Crippen LogP contribution is -2.39. The van der Waals surface area contributed by atoms with Crippen molar-refractivity contribution in [3.05, 3.63) is 46.2 Å². The zero-order valence-corrected chi connectivity index (χ0v) is 16.1. The van der Waals surface area contributed by atoms with Gasteiger partial charge in [0.15, 0.2) is 0 Å². The van der Waals surface area contributed by atoms with Gasteiger partial charge in [0.05, 0.1) is 20.3 Å². The summed E-state index contributed by atoms with van der Waals surface area (Å²) < 4.78 is 10.6. The van der Waals surface area contributed by atoms with Gasteiger partial charge in [0.25, 0.3) is 0 Å². The molecule has 140 valence electrons. The van der Waals surface area contributed by atoms with Crippen LogP contribution >= 0.6 is 11.3 Å². The van der Waals surface area contributed by atoms with E-state index in [0.29, 0.717) is 24.0 Å². The van der Waals surface area contributed by atoms with Crippen LogP contribution in [0.1, 0.15) is 42.2 Å². The van der Waals surface area contributed by atoms with Gasteiger partial charge in [0, 0.05) is 17.5 Å². The molecule has 3 rings (SSSR count). The number of hydrogen-bond donors (Lipinski definition) is 2. The highest BCUT2D eigenvalue weighted by atomic mass is 32.1. The molecule has 2 amide bonds. The zero-order chi connectivity index (χ0) is 18.4. The van der Waals surface area contributed by atoms with Crippen LogP contribution in [0, 0.1) is 5.92 Å². The maximum absolute atomic E-state index is 12.5. The number of hydrogen-bond acceptors (Lipinski definition) is 4. The van der Waals surface area contributed by atoms with Gasteiger partial charge in [-0.3, -0.25) is 0 Å². The number of nitrogens with one attached hydrogen (secondary N) is 2. The maximum atomic E-state index is 12.5. The molecule has 1 aliphatic carbocycles. The molecule has 1 heterocycles. The number of rotatable bonds is 7. The third kappa shape index (κ3) is 4.69. The van der Waals surface area contributed by atoms with Gasteiger partial charge in [-0.25, -0.2) is 4.79 Å². The lowest BCUT2D eigenvalue weighted by atomic mass is 9.97. The normalized spacial score (nSPS) is 15.5. The Morgan fingerprint density at radius 3 is 2.46 bits per heavy atom. The molecule has 5 nitrogen and oxygen atoms in total. The van der Waals surface area contributed by atoms with E-state index < -0.39 is 0 Å². The van der Waals surface area contributed by atoms with Crippen molar-refractivity contribution in [1.82, 2.24) is 10.6 Å². The standard InChI is InChI=1S/C20H26N2O3S/c1-24-16-10-14(11-17(12-16)25-2)13-21-20(23)22-19(15-6-3-4-7-15)18-8-5-9-26-18/h5,8-12,15,19H,3-4,6-7,13H2,1-2H3,(H2,21,22,23). The minimum Gasteiger partial charge on any atom is -0.497 e. The van der Waals surface area contributed by atoms with Crippen LogP contribution in [0.2, 0.25) is 0 Å². The van der Waals surface area contributed by atoms with Gasteiger partial charge in [-0.05, 0) is 47.9 Å². The van der Waals surface area contributed by atoms with Gasteiger partial charge in [0.2, 0.25) is 0 Å². The second kappa shape index (κ2) is 8.94. The molecular weight excluding hydrogens is 348 g/mol. The molecule has 26 heavy (non-hydrogen) atoms. The summed E-state index contributed by atoms with van der Waals surface area (Å²) in [4.78, 5) is 13.7. The molecule has 0 radical (unpaired) electrons. The SMILES string of the molecule is COc1cc(CNC(=O)NC(c2cccs2)C2CCCC2)cc(OC)c1. The lowest BCUT2D eigenvalue weighted by Gasteiger charge is -2.24. The predicted molar refractivity (Wildman–Crippen MR) is 104 cm³/mol. The van der Waals surface area contributed by atoms with E-state index in [4.69, 9.17) is 9.47 Å². The third-order valence-electron chi connectivity index (χ3n) is 4.87. The summed E-state index contributed by atoms with van der Waals surface area (Å²) in [5.74, 6) is 1.95. The summed E-state index contributed by atoms with van der Waals surface area (Å²) >= 11 is 1.71. The number of ether oxygens (including phenoxy) is 2. The second-order valence-corrected chi connectivity index (χ2v) is 7.56. The predicted octanol–water partition coefficient (Wildman–Crippen LogP) is 4.50. The minimum atomic E-state index is -0.142. The fraction of sp³-hybridized carbons (Fsp3) is 0.450. The van der Waals surface area contributed by atoms with E-state index >= 15 is 0 Å². The Morgan fingerprint density at radius 1 is 1.19 bits per heavy atom. The van der Waals surface area contributed by atoms with Gasteiger partial charge in [-0.2, -0.15) is 0 Å². The molecule has 1 aromatic carbocycles. The highest BCUT2D eigenvalue weighted by Gasteiger charge is 2.28. The van der Waals surface area contributed by atoms with Crippen LogP contribution in [0.3, 0.4) is 0 Å². The first-order valence-electron chi connectivity index (χ1n) is 8.99. The largest absolute Gasteiger partial charge is 0.497 e. The fourth-order valence-electron chi connectivity index (χ4n) is 3.52. The van der Waals surface area contributed by atoms with Crippen LogP contribution < -0.4 is 20.1 Å². The summed E-state index contributed by atoms with van der Waals surface area (Å²) in [6, 6.07) is 9.73. The average Bonchev–Trinajstić information content (AvgIpc) is 3.38. The van der Waals surface area contributed by atoms with Crippen molar-refractivity contribution in [1.29, 1.82) is 0 Å². The Kier molecular flexibility index (Phi) is 6.39. The van der Waals surface area contributed by atoms with Crippen LogP contribution in [-0.2, 0) is 6.54 Å². The number of thiophene rings is 1. The van der Waals surface area contributed by atoms with Crippen LogP contribution in [0.5, 0.6) is 11.5 Å². The van der Waals surface area contributed by atoms with E-state index in [0.717, 1.165) is 5.56 Å². The van der Waals surface area contributed by atoms with Crippen molar-refractivity contribution in [2.75, 3.05) is 14.2 Å². The van der Waals surface area contributed by atoms with E-state index in [2.05, 4.69) is 22.1 Å². The number of amides is 2. The second-order valence-electron chi connectivity index (χ2n) is 6.59. The fourth-order valence-corrected chi connectivity index (χ4v) is 4.39. The molecule has 1 saturated carbocycles. The molecule has 1 atom stereocenters. The van der Waals surface area contributed by atoms with Crippen molar-refractivity contribution in [2.24, 2.45) is 5.92 Å². The Balaban J connectivity index is 1.62. The summed E-state index contributed by atoms with van der Waals surface area (Å²) in [5, 5.41) is 8.22. The lowest BCUT2D eigenvalue weighted by molar-refractivity contribution is 0.231. The van der Waals surface area contributed by atoms with E-state index in [1.807, 2.05) is 24.3 Å². The average molecular weight is 375 g/mol. The number of carbonyl (C=O) groups is 1. The smallest absolute Gasteiger partial charge is 0.315 e. The molecule has 0 aliphatic heterocycles. The quantitative estimate of drug-likeness (QED) is 0.750. The topological polar surface area (TPSA) is 59.6 Å². The Hall–Kier alpha value is -2.21. The van der Waals surface area contributed by atoms with Crippen LogP contribution in [-0.4, -0.2) is 20.3 Å².